The monoisotopic (exact) mass is 105 g/mol. The average Bonchev–Trinajstić information content (AvgIpc) is 1.30. The maximum Gasteiger partial charge on any atom is 0.314 e. The van der Waals surface area contributed by atoms with Gasteiger partial charge in [-0.3, -0.25) is 4.99 Å². The number of rotatable bonds is 1. The van der Waals surface area contributed by atoms with Crippen LogP contribution in [0.3, 0.4) is 0 Å². The Hall–Kier alpha value is -0.450. The zero-order valence-electron chi connectivity index (χ0n) is 3.87. The van der Waals surface area contributed by atoms with Gasteiger partial charge >= 0.3 is 5.97 Å². The van der Waals surface area contributed by atoms with Crippen molar-refractivity contribution in [2.24, 2.45) is 4.99 Å². The molecule has 0 saturated heterocycles. The first-order valence-electron chi connectivity index (χ1n) is 1.66. The van der Waals surface area contributed by atoms with E-state index in [1.807, 2.05) is 0 Å². The van der Waals surface area contributed by atoms with Gasteiger partial charge in [-0.2, -0.15) is 0 Å². The molecule has 0 bridgehead atoms. The van der Waals surface area contributed by atoms with E-state index >= 15 is 0 Å². The summed E-state index contributed by atoms with van der Waals surface area (Å²) in [5, 5.41) is 23.9. The molecule has 0 atom stereocenters. The minimum Gasteiger partial charge on any atom is -0.339 e. The number of nitrogens with zero attached hydrogens (tertiary/aromatic N) is 1. The summed E-state index contributed by atoms with van der Waals surface area (Å²) in [4.78, 5) is 3.13. The maximum absolute atomic E-state index is 7.98. The number of aliphatic imine (C=N–C) groups is 1. The third-order valence-corrected chi connectivity index (χ3v) is 0.302. The molecule has 0 aromatic rings. The van der Waals surface area contributed by atoms with Crippen LogP contribution in [0.1, 0.15) is 0 Å². The van der Waals surface area contributed by atoms with Gasteiger partial charge in [0.25, 0.3) is 0 Å². The van der Waals surface area contributed by atoms with Gasteiger partial charge in [0, 0.05) is 7.05 Å². The van der Waals surface area contributed by atoms with E-state index in [1.165, 1.54) is 7.05 Å². The van der Waals surface area contributed by atoms with E-state index in [2.05, 4.69) is 4.99 Å². The molecule has 0 aliphatic carbocycles. The molecule has 4 heteroatoms. The van der Waals surface area contributed by atoms with Crippen molar-refractivity contribution in [3.63, 3.8) is 0 Å². The predicted molar refractivity (Wildman–Crippen MR) is 23.8 cm³/mol. The lowest BCUT2D eigenvalue weighted by atomic mass is 10.6. The highest BCUT2D eigenvalue weighted by Gasteiger charge is 2.11. The summed E-state index contributed by atoms with van der Waals surface area (Å²) in [7, 11) is 1.32. The minimum atomic E-state index is -2.74. The van der Waals surface area contributed by atoms with Crippen LogP contribution in [0.5, 0.6) is 0 Å². The zero-order chi connectivity index (χ0) is 5.91. The van der Waals surface area contributed by atoms with Crippen LogP contribution in [0.2, 0.25) is 0 Å². The highest BCUT2D eigenvalue weighted by Crippen LogP contribution is 1.82. The fourth-order valence-electron chi connectivity index (χ4n) is 0.173. The van der Waals surface area contributed by atoms with Gasteiger partial charge in [0.2, 0.25) is 0 Å². The van der Waals surface area contributed by atoms with Gasteiger partial charge in [-0.05, 0) is 0 Å². The standard InChI is InChI=1S/C3H7NO3/c1-4-2-3(5,6)7/h2,5-7H,1H3. The molecule has 0 saturated carbocycles. The lowest BCUT2D eigenvalue weighted by molar-refractivity contribution is -0.251. The third kappa shape index (κ3) is 5.55. The fourth-order valence-corrected chi connectivity index (χ4v) is 0.173. The zero-order valence-corrected chi connectivity index (χ0v) is 3.87. The van der Waals surface area contributed by atoms with Crippen molar-refractivity contribution >= 4 is 6.21 Å². The van der Waals surface area contributed by atoms with Crippen LogP contribution in [0.15, 0.2) is 4.99 Å². The first-order valence-corrected chi connectivity index (χ1v) is 1.66. The lowest BCUT2D eigenvalue weighted by Crippen LogP contribution is -2.28. The van der Waals surface area contributed by atoms with Crippen LogP contribution >= 0.6 is 0 Å². The molecule has 0 aromatic heterocycles. The van der Waals surface area contributed by atoms with Crippen molar-refractivity contribution < 1.29 is 15.3 Å². The molecule has 0 fully saturated rings. The van der Waals surface area contributed by atoms with Gasteiger partial charge in [-0.1, -0.05) is 0 Å². The lowest BCUT2D eigenvalue weighted by Gasteiger charge is -2.03. The first-order chi connectivity index (χ1) is 3.06. The molecule has 0 unspecified atom stereocenters. The second-order valence-corrected chi connectivity index (χ2v) is 1.07. The van der Waals surface area contributed by atoms with Gasteiger partial charge in [0.05, 0.1) is 6.21 Å². The Balaban J connectivity index is 3.56. The summed E-state index contributed by atoms with van der Waals surface area (Å²) in [5.41, 5.74) is 0. The van der Waals surface area contributed by atoms with Gasteiger partial charge < -0.3 is 15.3 Å². The Morgan fingerprint density at radius 1 is 1.43 bits per heavy atom. The molecule has 3 N–H and O–H groups in total. The van der Waals surface area contributed by atoms with Crippen molar-refractivity contribution in [2.45, 2.75) is 5.97 Å². The van der Waals surface area contributed by atoms with Crippen molar-refractivity contribution in [1.82, 2.24) is 0 Å². The Bertz CT molecular complexity index is 72.7. The van der Waals surface area contributed by atoms with Gasteiger partial charge in [-0.25, -0.2) is 0 Å². The molecular formula is C3H7NO3. The molecule has 0 heterocycles. The molecule has 0 amide bonds. The molecule has 4 nitrogen and oxygen atoms in total. The molecule has 0 spiro atoms. The van der Waals surface area contributed by atoms with E-state index in [4.69, 9.17) is 15.3 Å². The predicted octanol–water partition coefficient (Wildman–Crippen LogP) is -1.68. The minimum absolute atomic E-state index is 0.604. The fraction of sp³-hybridized carbons (Fsp3) is 0.667. The summed E-state index contributed by atoms with van der Waals surface area (Å²) >= 11 is 0. The SMILES string of the molecule is CN=CC(O)(O)O. The molecular weight excluding hydrogens is 98.0 g/mol. The highest BCUT2D eigenvalue weighted by molar-refractivity contribution is 5.62. The Kier molecular flexibility index (Phi) is 1.89. The normalized spacial score (nSPS) is 13.1. The summed E-state index contributed by atoms with van der Waals surface area (Å²) < 4.78 is 0. The van der Waals surface area contributed by atoms with Crippen LogP contribution in [-0.4, -0.2) is 34.6 Å². The highest BCUT2D eigenvalue weighted by atomic mass is 16.7. The Labute approximate surface area is 40.7 Å². The second kappa shape index (κ2) is 2.02. The quantitative estimate of drug-likeness (QED) is 0.275. The largest absolute Gasteiger partial charge is 0.339 e. The van der Waals surface area contributed by atoms with Crippen molar-refractivity contribution in [3.8, 4) is 0 Å². The summed E-state index contributed by atoms with van der Waals surface area (Å²) in [6.45, 7) is 0. The molecule has 0 aromatic carbocycles. The van der Waals surface area contributed by atoms with Crippen molar-refractivity contribution in [1.29, 1.82) is 0 Å². The summed E-state index contributed by atoms with van der Waals surface area (Å²) in [6, 6.07) is 0. The number of hydrogen-bond donors (Lipinski definition) is 3. The molecule has 0 rings (SSSR count). The van der Waals surface area contributed by atoms with Crippen LogP contribution < -0.4 is 0 Å². The molecule has 0 aliphatic heterocycles. The smallest absolute Gasteiger partial charge is 0.314 e. The maximum atomic E-state index is 7.98. The Morgan fingerprint density at radius 2 is 1.86 bits per heavy atom. The second-order valence-electron chi connectivity index (χ2n) is 1.07. The van der Waals surface area contributed by atoms with Crippen molar-refractivity contribution in [2.75, 3.05) is 7.05 Å². The number of aliphatic hydroxyl groups is 3. The average molecular weight is 105 g/mol. The number of hydrogen-bond acceptors (Lipinski definition) is 4. The van der Waals surface area contributed by atoms with Crippen LogP contribution in [0.25, 0.3) is 0 Å². The summed E-state index contributed by atoms with van der Waals surface area (Å²) in [5.74, 6) is -2.74. The van der Waals surface area contributed by atoms with Gasteiger partial charge in [0.1, 0.15) is 0 Å². The van der Waals surface area contributed by atoms with E-state index < -0.39 is 5.97 Å². The van der Waals surface area contributed by atoms with Crippen LogP contribution in [-0.2, 0) is 0 Å². The van der Waals surface area contributed by atoms with E-state index in [1.54, 1.807) is 0 Å². The molecule has 0 aliphatic rings. The van der Waals surface area contributed by atoms with E-state index in [0.717, 1.165) is 0 Å². The van der Waals surface area contributed by atoms with Crippen molar-refractivity contribution in [3.05, 3.63) is 0 Å². The first kappa shape index (κ1) is 6.55. The Morgan fingerprint density at radius 3 is 1.86 bits per heavy atom. The third-order valence-electron chi connectivity index (χ3n) is 0.302. The topological polar surface area (TPSA) is 73.1 Å². The van der Waals surface area contributed by atoms with E-state index in [9.17, 15) is 0 Å². The summed E-state index contributed by atoms with van der Waals surface area (Å²) in [6.07, 6.45) is 0.604. The van der Waals surface area contributed by atoms with Crippen LogP contribution in [0.4, 0.5) is 0 Å². The van der Waals surface area contributed by atoms with E-state index in [0.29, 0.717) is 6.21 Å². The van der Waals surface area contributed by atoms with Crippen LogP contribution in [0, 0.1) is 0 Å². The molecule has 0 radical (unpaired) electrons. The van der Waals surface area contributed by atoms with E-state index in [-0.39, 0.29) is 0 Å². The molecule has 7 heavy (non-hydrogen) atoms. The van der Waals surface area contributed by atoms with Gasteiger partial charge in [-0.15, -0.1) is 0 Å². The van der Waals surface area contributed by atoms with Gasteiger partial charge in [0.15, 0.2) is 0 Å². The molecule has 42 valence electrons.